The number of aryl methyl sites for hydroxylation is 1. The summed E-state index contributed by atoms with van der Waals surface area (Å²) < 4.78 is 69.5. The van der Waals surface area contributed by atoms with Crippen molar-refractivity contribution in [3.8, 4) is 0 Å². The minimum atomic E-state index is -2.24. The van der Waals surface area contributed by atoms with Gasteiger partial charge in [-0.25, -0.2) is 22.0 Å². The molecule has 6 nitrogen and oxygen atoms in total. The number of hydrogen-bond acceptors (Lipinski definition) is 3. The van der Waals surface area contributed by atoms with Crippen molar-refractivity contribution >= 4 is 23.3 Å². The van der Waals surface area contributed by atoms with Crippen LogP contribution in [-0.2, 0) is 11.3 Å². The van der Waals surface area contributed by atoms with E-state index in [1.165, 1.54) is 23.1 Å². The fourth-order valence-electron chi connectivity index (χ4n) is 2.48. The van der Waals surface area contributed by atoms with Gasteiger partial charge in [0, 0.05) is 18.5 Å². The zero-order chi connectivity index (χ0) is 21.5. The molecular formula is C17H13ClF5N5O. The van der Waals surface area contributed by atoms with E-state index >= 15 is 0 Å². The summed E-state index contributed by atoms with van der Waals surface area (Å²) in [5.41, 5.74) is -0.504. The molecule has 0 saturated heterocycles. The van der Waals surface area contributed by atoms with Crippen molar-refractivity contribution in [2.45, 2.75) is 26.4 Å². The molecule has 12 heteroatoms. The maximum atomic E-state index is 13.8. The molecule has 154 valence electrons. The predicted octanol–water partition coefficient (Wildman–Crippen LogP) is 3.98. The van der Waals surface area contributed by atoms with Crippen LogP contribution in [-0.4, -0.2) is 25.5 Å². The van der Waals surface area contributed by atoms with Gasteiger partial charge in [0.15, 0.2) is 29.1 Å². The topological polar surface area (TPSA) is 64.7 Å². The van der Waals surface area contributed by atoms with Gasteiger partial charge >= 0.3 is 0 Å². The van der Waals surface area contributed by atoms with Crippen LogP contribution < -0.4 is 5.32 Å². The maximum Gasteiger partial charge on any atom is 0.250 e. The molecule has 0 saturated carbocycles. The number of benzene rings is 1. The zero-order valence-corrected chi connectivity index (χ0v) is 15.7. The highest BCUT2D eigenvalue weighted by atomic mass is 35.5. The van der Waals surface area contributed by atoms with E-state index in [0.29, 0.717) is 10.7 Å². The Labute approximate surface area is 165 Å². The number of aromatic nitrogens is 4. The highest BCUT2D eigenvalue weighted by Gasteiger charge is 2.26. The Bertz CT molecular complexity index is 1050. The van der Waals surface area contributed by atoms with Crippen molar-refractivity contribution < 1.29 is 26.7 Å². The highest BCUT2D eigenvalue weighted by molar-refractivity contribution is 6.31. The van der Waals surface area contributed by atoms with Gasteiger partial charge in [0.1, 0.15) is 6.04 Å². The molecule has 0 spiro atoms. The molecule has 1 atom stereocenters. The predicted molar refractivity (Wildman–Crippen MR) is 92.9 cm³/mol. The fraction of sp³-hybridized carbons (Fsp3) is 0.235. The third kappa shape index (κ3) is 3.95. The standard InChI is InChI=1S/C17H13ClF5N5O/c1-7-10(18)6-28(25-7)8(2)17(29)24-11-3-4-27(26-11)5-9-12(19)14(21)16(23)15(22)13(9)20/h3-4,6,8H,5H2,1-2H3,(H,24,26,29). The van der Waals surface area contributed by atoms with Crippen LogP contribution in [0.15, 0.2) is 18.5 Å². The second-order valence-electron chi connectivity index (χ2n) is 6.15. The first-order valence-corrected chi connectivity index (χ1v) is 8.53. The minimum Gasteiger partial charge on any atom is -0.307 e. The first kappa shape index (κ1) is 20.8. The van der Waals surface area contributed by atoms with Crippen LogP contribution in [0.25, 0.3) is 0 Å². The van der Waals surface area contributed by atoms with Crippen LogP contribution in [0, 0.1) is 36.0 Å². The number of hydrogen-bond donors (Lipinski definition) is 1. The second kappa shape index (κ2) is 7.82. The molecule has 2 heterocycles. The van der Waals surface area contributed by atoms with Crippen molar-refractivity contribution in [1.82, 2.24) is 19.6 Å². The number of nitrogens with zero attached hydrogens (tertiary/aromatic N) is 4. The first-order chi connectivity index (χ1) is 13.6. The van der Waals surface area contributed by atoms with Gasteiger partial charge < -0.3 is 5.32 Å². The number of carbonyl (C=O) groups is 1. The quantitative estimate of drug-likeness (QED) is 0.376. The Morgan fingerprint density at radius 1 is 1.10 bits per heavy atom. The van der Waals surface area contributed by atoms with Gasteiger partial charge in [-0.05, 0) is 13.8 Å². The number of halogens is 6. The van der Waals surface area contributed by atoms with Crippen LogP contribution in [0.3, 0.4) is 0 Å². The van der Waals surface area contributed by atoms with Gasteiger partial charge in [-0.1, -0.05) is 11.6 Å². The molecular weight excluding hydrogens is 421 g/mol. The number of rotatable bonds is 5. The van der Waals surface area contributed by atoms with Gasteiger partial charge in [-0.3, -0.25) is 14.2 Å². The lowest BCUT2D eigenvalue weighted by atomic mass is 10.1. The third-order valence-corrected chi connectivity index (χ3v) is 4.52. The number of nitrogens with one attached hydrogen (secondary N) is 1. The molecule has 1 N–H and O–H groups in total. The van der Waals surface area contributed by atoms with Crippen molar-refractivity contribution in [2.75, 3.05) is 5.32 Å². The molecule has 0 bridgehead atoms. The summed E-state index contributed by atoms with van der Waals surface area (Å²) in [6.07, 6.45) is 2.69. The molecule has 1 amide bonds. The molecule has 2 aromatic heterocycles. The molecule has 0 radical (unpaired) electrons. The molecule has 0 aliphatic heterocycles. The minimum absolute atomic E-state index is 0.0145. The van der Waals surface area contributed by atoms with Crippen molar-refractivity contribution in [3.05, 3.63) is 63.8 Å². The van der Waals surface area contributed by atoms with Crippen LogP contribution in [0.2, 0.25) is 5.02 Å². The molecule has 3 aromatic rings. The summed E-state index contributed by atoms with van der Waals surface area (Å²) in [5, 5.41) is 10.8. The molecule has 29 heavy (non-hydrogen) atoms. The normalized spacial score (nSPS) is 12.3. The largest absolute Gasteiger partial charge is 0.307 e. The first-order valence-electron chi connectivity index (χ1n) is 8.16. The summed E-state index contributed by atoms with van der Waals surface area (Å²) >= 11 is 5.91. The summed E-state index contributed by atoms with van der Waals surface area (Å²) in [5.74, 6) is -10.7. The monoisotopic (exact) mass is 433 g/mol. The summed E-state index contributed by atoms with van der Waals surface area (Å²) in [4.78, 5) is 12.3. The van der Waals surface area contributed by atoms with Gasteiger partial charge in [0.2, 0.25) is 11.7 Å². The Hall–Kier alpha value is -2.95. The zero-order valence-electron chi connectivity index (χ0n) is 15.0. The second-order valence-corrected chi connectivity index (χ2v) is 6.56. The van der Waals surface area contributed by atoms with E-state index in [1.807, 2.05) is 0 Å². The molecule has 0 aliphatic rings. The number of carbonyl (C=O) groups excluding carboxylic acids is 1. The van der Waals surface area contributed by atoms with Gasteiger partial charge in [0.05, 0.1) is 22.8 Å². The Kier molecular flexibility index (Phi) is 5.60. The lowest BCUT2D eigenvalue weighted by Gasteiger charge is -2.11. The van der Waals surface area contributed by atoms with E-state index < -0.39 is 53.1 Å². The van der Waals surface area contributed by atoms with E-state index in [2.05, 4.69) is 15.5 Å². The van der Waals surface area contributed by atoms with Crippen LogP contribution in [0.4, 0.5) is 27.8 Å². The van der Waals surface area contributed by atoms with E-state index in [-0.39, 0.29) is 5.82 Å². The number of amides is 1. The summed E-state index contributed by atoms with van der Waals surface area (Å²) in [7, 11) is 0. The lowest BCUT2D eigenvalue weighted by Crippen LogP contribution is -2.24. The molecule has 1 unspecified atom stereocenters. The van der Waals surface area contributed by atoms with Gasteiger partial charge in [-0.15, -0.1) is 0 Å². The summed E-state index contributed by atoms with van der Waals surface area (Å²) in [6.45, 7) is 2.50. The molecule has 0 aliphatic carbocycles. The van der Waals surface area contributed by atoms with Crippen molar-refractivity contribution in [2.24, 2.45) is 0 Å². The van der Waals surface area contributed by atoms with E-state index in [4.69, 9.17) is 11.6 Å². The SMILES string of the molecule is Cc1nn(C(C)C(=O)Nc2ccn(Cc3c(F)c(F)c(F)c(F)c3F)n2)cc1Cl. The summed E-state index contributed by atoms with van der Waals surface area (Å²) in [6, 6.07) is 0.555. The molecule has 1 aromatic carbocycles. The smallest absolute Gasteiger partial charge is 0.250 e. The van der Waals surface area contributed by atoms with Gasteiger partial charge in [-0.2, -0.15) is 10.2 Å². The Morgan fingerprint density at radius 2 is 1.69 bits per heavy atom. The molecule has 3 rings (SSSR count). The van der Waals surface area contributed by atoms with Crippen molar-refractivity contribution in [1.29, 1.82) is 0 Å². The van der Waals surface area contributed by atoms with Crippen LogP contribution in [0.5, 0.6) is 0 Å². The number of anilines is 1. The van der Waals surface area contributed by atoms with E-state index in [0.717, 1.165) is 4.68 Å². The van der Waals surface area contributed by atoms with Crippen LogP contribution in [0.1, 0.15) is 24.2 Å². The average Bonchev–Trinajstić information content (AvgIpc) is 3.27. The lowest BCUT2D eigenvalue weighted by molar-refractivity contribution is -0.119. The fourth-order valence-corrected chi connectivity index (χ4v) is 2.61. The Balaban J connectivity index is 1.76. The van der Waals surface area contributed by atoms with Crippen molar-refractivity contribution in [3.63, 3.8) is 0 Å². The average molecular weight is 434 g/mol. The van der Waals surface area contributed by atoms with Crippen LogP contribution >= 0.6 is 11.6 Å². The molecule has 0 fully saturated rings. The maximum absolute atomic E-state index is 13.8. The Morgan fingerprint density at radius 3 is 2.24 bits per heavy atom. The van der Waals surface area contributed by atoms with E-state index in [9.17, 15) is 26.7 Å². The van der Waals surface area contributed by atoms with Gasteiger partial charge in [0.25, 0.3) is 0 Å². The van der Waals surface area contributed by atoms with E-state index in [1.54, 1.807) is 13.8 Å². The third-order valence-electron chi connectivity index (χ3n) is 4.15. The highest BCUT2D eigenvalue weighted by Crippen LogP contribution is 2.24.